The van der Waals surface area contributed by atoms with Crippen molar-refractivity contribution in [1.29, 1.82) is 0 Å². The molecule has 9 heteroatoms. The smallest absolute Gasteiger partial charge is 0.257 e. The number of carbonyl (C=O) groups is 1. The quantitative estimate of drug-likeness (QED) is 0.384. The highest BCUT2D eigenvalue weighted by Gasteiger charge is 2.24. The summed E-state index contributed by atoms with van der Waals surface area (Å²) in [6.07, 6.45) is 4.96. The molecule has 2 aromatic carbocycles. The first-order chi connectivity index (χ1) is 16.0. The Morgan fingerprint density at radius 2 is 1.76 bits per heavy atom. The first-order valence-corrected chi connectivity index (χ1v) is 11.0. The third kappa shape index (κ3) is 4.13. The SMILES string of the molecule is Cc1ccc(Oc2ccc(NC(=O)c3c(-c4cnn(C)c4)sc4ncnc(N)c34)cc2)cc1. The van der Waals surface area contributed by atoms with Gasteiger partial charge in [-0.05, 0) is 43.3 Å². The lowest BCUT2D eigenvalue weighted by Gasteiger charge is -2.09. The van der Waals surface area contributed by atoms with Crippen LogP contribution in [-0.2, 0) is 7.05 Å². The molecule has 0 bridgehead atoms. The Hall–Kier alpha value is -4.24. The van der Waals surface area contributed by atoms with Crippen LogP contribution in [0.3, 0.4) is 0 Å². The largest absolute Gasteiger partial charge is 0.457 e. The molecule has 0 spiro atoms. The number of ether oxygens (including phenoxy) is 1. The minimum Gasteiger partial charge on any atom is -0.457 e. The van der Waals surface area contributed by atoms with Crippen molar-refractivity contribution >= 4 is 39.0 Å². The molecule has 0 aliphatic carbocycles. The van der Waals surface area contributed by atoms with Crippen molar-refractivity contribution in [1.82, 2.24) is 19.7 Å². The highest BCUT2D eigenvalue weighted by molar-refractivity contribution is 7.22. The van der Waals surface area contributed by atoms with Crippen LogP contribution in [0.5, 0.6) is 11.5 Å². The van der Waals surface area contributed by atoms with E-state index in [-0.39, 0.29) is 11.7 Å². The molecular formula is C24H20N6O2S. The van der Waals surface area contributed by atoms with E-state index in [1.165, 1.54) is 17.7 Å². The number of anilines is 2. The number of nitrogens with zero attached hydrogens (tertiary/aromatic N) is 4. The second kappa shape index (κ2) is 8.36. The number of hydrogen-bond donors (Lipinski definition) is 2. The molecule has 0 radical (unpaired) electrons. The molecule has 164 valence electrons. The van der Waals surface area contributed by atoms with Gasteiger partial charge in [-0.15, -0.1) is 11.3 Å². The summed E-state index contributed by atoms with van der Waals surface area (Å²) < 4.78 is 7.55. The number of nitrogen functional groups attached to an aromatic ring is 1. The first-order valence-electron chi connectivity index (χ1n) is 10.2. The van der Waals surface area contributed by atoms with Crippen LogP contribution >= 0.6 is 11.3 Å². The van der Waals surface area contributed by atoms with Crippen molar-refractivity contribution < 1.29 is 9.53 Å². The van der Waals surface area contributed by atoms with Gasteiger partial charge in [0, 0.05) is 24.5 Å². The Morgan fingerprint density at radius 1 is 1.06 bits per heavy atom. The van der Waals surface area contributed by atoms with E-state index in [0.29, 0.717) is 27.2 Å². The van der Waals surface area contributed by atoms with Gasteiger partial charge >= 0.3 is 0 Å². The number of nitrogens with two attached hydrogens (primary N) is 1. The molecule has 0 saturated carbocycles. The normalized spacial score (nSPS) is 11.0. The molecule has 3 heterocycles. The molecular weight excluding hydrogens is 436 g/mol. The maximum atomic E-state index is 13.4. The van der Waals surface area contributed by atoms with Gasteiger partial charge in [0.25, 0.3) is 5.91 Å². The summed E-state index contributed by atoms with van der Waals surface area (Å²) in [5, 5.41) is 7.72. The van der Waals surface area contributed by atoms with Crippen LogP contribution in [0.2, 0.25) is 0 Å². The predicted molar refractivity (Wildman–Crippen MR) is 130 cm³/mol. The lowest BCUT2D eigenvalue weighted by molar-refractivity contribution is 0.102. The minimum absolute atomic E-state index is 0.262. The molecule has 0 fully saturated rings. The first kappa shape index (κ1) is 20.7. The average molecular weight is 457 g/mol. The number of aromatic nitrogens is 4. The van der Waals surface area contributed by atoms with Gasteiger partial charge in [0.2, 0.25) is 0 Å². The second-order valence-electron chi connectivity index (χ2n) is 7.54. The molecule has 33 heavy (non-hydrogen) atoms. The Kier molecular flexibility index (Phi) is 5.23. The number of carbonyl (C=O) groups excluding carboxylic acids is 1. The van der Waals surface area contributed by atoms with Gasteiger partial charge in [-0.2, -0.15) is 5.10 Å². The molecule has 0 unspecified atom stereocenters. The average Bonchev–Trinajstić information content (AvgIpc) is 3.41. The Morgan fingerprint density at radius 3 is 2.42 bits per heavy atom. The van der Waals surface area contributed by atoms with Crippen LogP contribution in [0.25, 0.3) is 20.7 Å². The van der Waals surface area contributed by atoms with Gasteiger partial charge in [-0.1, -0.05) is 17.7 Å². The van der Waals surface area contributed by atoms with Crippen molar-refractivity contribution in [3.8, 4) is 21.9 Å². The predicted octanol–water partition coefficient (Wildman–Crippen LogP) is 5.03. The summed E-state index contributed by atoms with van der Waals surface area (Å²) in [6, 6.07) is 15.0. The van der Waals surface area contributed by atoms with Crippen molar-refractivity contribution in [2.45, 2.75) is 6.92 Å². The van der Waals surface area contributed by atoms with Gasteiger partial charge < -0.3 is 15.8 Å². The van der Waals surface area contributed by atoms with Crippen molar-refractivity contribution in [3.05, 3.63) is 78.4 Å². The number of amides is 1. The molecule has 0 aliphatic heterocycles. The van der Waals surface area contributed by atoms with Crippen LogP contribution < -0.4 is 15.8 Å². The molecule has 0 atom stereocenters. The Labute approximate surface area is 193 Å². The van der Waals surface area contributed by atoms with Crippen LogP contribution in [0, 0.1) is 6.92 Å². The minimum atomic E-state index is -0.297. The summed E-state index contributed by atoms with van der Waals surface area (Å²) >= 11 is 1.38. The van der Waals surface area contributed by atoms with Gasteiger partial charge in [-0.3, -0.25) is 9.48 Å². The standard InChI is InChI=1S/C24H20N6O2S/c1-14-3-7-17(8-4-14)32-18-9-5-16(6-10-18)29-23(31)19-20-22(25)26-13-27-24(20)33-21(19)15-11-28-30(2)12-15/h3-13H,1-2H3,(H,29,31)(H2,25,26,27). The lowest BCUT2D eigenvalue weighted by atomic mass is 10.1. The fraction of sp³-hybridized carbons (Fsp3) is 0.0833. The van der Waals surface area contributed by atoms with E-state index in [0.717, 1.165) is 21.8 Å². The van der Waals surface area contributed by atoms with Crippen LogP contribution in [0.15, 0.2) is 67.3 Å². The highest BCUT2D eigenvalue weighted by Crippen LogP contribution is 2.39. The fourth-order valence-electron chi connectivity index (χ4n) is 3.46. The number of rotatable bonds is 5. The fourth-order valence-corrected chi connectivity index (χ4v) is 4.58. The second-order valence-corrected chi connectivity index (χ2v) is 8.54. The van der Waals surface area contributed by atoms with Crippen LogP contribution in [0.4, 0.5) is 11.5 Å². The van der Waals surface area contributed by atoms with Gasteiger partial charge in [-0.25, -0.2) is 9.97 Å². The summed E-state index contributed by atoms with van der Waals surface area (Å²) in [4.78, 5) is 23.1. The number of thiophene rings is 1. The maximum Gasteiger partial charge on any atom is 0.257 e. The van der Waals surface area contributed by atoms with E-state index >= 15 is 0 Å². The van der Waals surface area contributed by atoms with E-state index < -0.39 is 0 Å². The summed E-state index contributed by atoms with van der Waals surface area (Å²) in [6.45, 7) is 2.03. The number of fused-ring (bicyclic) bond motifs is 1. The zero-order valence-electron chi connectivity index (χ0n) is 17.9. The topological polar surface area (TPSA) is 108 Å². The zero-order chi connectivity index (χ0) is 22.9. The Balaban J connectivity index is 1.44. The number of benzene rings is 2. The number of hydrogen-bond acceptors (Lipinski definition) is 7. The van der Waals surface area contributed by atoms with Gasteiger partial charge in [0.15, 0.2) is 0 Å². The monoisotopic (exact) mass is 456 g/mol. The number of nitrogens with one attached hydrogen (secondary N) is 1. The van der Waals surface area contributed by atoms with Crippen molar-refractivity contribution in [2.24, 2.45) is 7.05 Å². The third-order valence-electron chi connectivity index (χ3n) is 5.08. The van der Waals surface area contributed by atoms with Gasteiger partial charge in [0.05, 0.1) is 22.0 Å². The summed E-state index contributed by atoms with van der Waals surface area (Å²) in [5.41, 5.74) is 9.16. The van der Waals surface area contributed by atoms with Gasteiger partial charge in [0.1, 0.15) is 28.5 Å². The molecule has 5 aromatic rings. The van der Waals surface area contributed by atoms with Crippen LogP contribution in [0.1, 0.15) is 15.9 Å². The zero-order valence-corrected chi connectivity index (χ0v) is 18.8. The molecule has 3 aromatic heterocycles. The van der Waals surface area contributed by atoms with E-state index in [4.69, 9.17) is 10.5 Å². The third-order valence-corrected chi connectivity index (χ3v) is 6.23. The van der Waals surface area contributed by atoms with E-state index in [2.05, 4.69) is 20.4 Å². The molecule has 1 amide bonds. The van der Waals surface area contributed by atoms with Crippen molar-refractivity contribution in [2.75, 3.05) is 11.1 Å². The maximum absolute atomic E-state index is 13.4. The van der Waals surface area contributed by atoms with E-state index in [1.807, 2.05) is 44.4 Å². The molecule has 0 saturated heterocycles. The van der Waals surface area contributed by atoms with Crippen molar-refractivity contribution in [3.63, 3.8) is 0 Å². The Bertz CT molecular complexity index is 1460. The highest BCUT2D eigenvalue weighted by atomic mass is 32.1. The summed E-state index contributed by atoms with van der Waals surface area (Å²) in [7, 11) is 1.82. The van der Waals surface area contributed by atoms with E-state index in [1.54, 1.807) is 35.1 Å². The molecule has 5 rings (SSSR count). The van der Waals surface area contributed by atoms with E-state index in [9.17, 15) is 4.79 Å². The molecule has 8 nitrogen and oxygen atoms in total. The molecule has 0 aliphatic rings. The molecule has 3 N–H and O–H groups in total. The number of aryl methyl sites for hydroxylation is 2. The summed E-state index contributed by atoms with van der Waals surface area (Å²) in [5.74, 6) is 1.39. The van der Waals surface area contributed by atoms with Crippen LogP contribution in [-0.4, -0.2) is 25.7 Å². The lowest BCUT2D eigenvalue weighted by Crippen LogP contribution is -2.13.